The number of benzene rings is 7. The van der Waals surface area contributed by atoms with Crippen LogP contribution in [0.2, 0.25) is 0 Å². The molecule has 3 heterocycles. The second kappa shape index (κ2) is 10.5. The first-order chi connectivity index (χ1) is 23.8. The SMILES string of the molecule is c1ccc(-c2cc(-c3ccccc3)nc(-c3ccc(-n4c5ccccc5c5c6ccccc6c6c7ccccc7oc6c54)cc3)n2)cc1. The van der Waals surface area contributed by atoms with Crippen LogP contribution in [-0.2, 0) is 0 Å². The topological polar surface area (TPSA) is 43.9 Å². The van der Waals surface area contributed by atoms with Crippen LogP contribution in [0.1, 0.15) is 0 Å². The molecule has 0 N–H and O–H groups in total. The zero-order valence-corrected chi connectivity index (χ0v) is 25.8. The third-order valence-corrected chi connectivity index (χ3v) is 9.40. The number of hydrogen-bond acceptors (Lipinski definition) is 3. The lowest BCUT2D eigenvalue weighted by atomic mass is 9.99. The predicted molar refractivity (Wildman–Crippen MR) is 197 cm³/mol. The van der Waals surface area contributed by atoms with Crippen LogP contribution < -0.4 is 0 Å². The van der Waals surface area contributed by atoms with Gasteiger partial charge in [0.2, 0.25) is 0 Å². The summed E-state index contributed by atoms with van der Waals surface area (Å²) in [6, 6.07) is 57.0. The highest BCUT2D eigenvalue weighted by Gasteiger charge is 2.22. The molecule has 0 saturated carbocycles. The van der Waals surface area contributed by atoms with E-state index >= 15 is 0 Å². The molecule has 10 aromatic rings. The van der Waals surface area contributed by atoms with Crippen LogP contribution in [0.3, 0.4) is 0 Å². The maximum Gasteiger partial charge on any atom is 0.160 e. The average Bonchev–Trinajstić information content (AvgIpc) is 3.73. The second-order valence-corrected chi connectivity index (χ2v) is 12.2. The Kier molecular flexibility index (Phi) is 5.84. The summed E-state index contributed by atoms with van der Waals surface area (Å²) in [4.78, 5) is 10.1. The van der Waals surface area contributed by atoms with Crippen molar-refractivity contribution >= 4 is 54.5 Å². The van der Waals surface area contributed by atoms with Crippen LogP contribution in [-0.4, -0.2) is 14.5 Å². The van der Waals surface area contributed by atoms with Gasteiger partial charge in [-0.15, -0.1) is 0 Å². The summed E-state index contributed by atoms with van der Waals surface area (Å²) in [6.07, 6.45) is 0. The molecule has 0 radical (unpaired) electrons. The lowest BCUT2D eigenvalue weighted by Crippen LogP contribution is -1.97. The largest absolute Gasteiger partial charge is 0.454 e. The summed E-state index contributed by atoms with van der Waals surface area (Å²) in [7, 11) is 0. The smallest absolute Gasteiger partial charge is 0.160 e. The van der Waals surface area contributed by atoms with E-state index in [1.54, 1.807) is 0 Å². The van der Waals surface area contributed by atoms with Gasteiger partial charge in [0.1, 0.15) is 5.58 Å². The third-order valence-electron chi connectivity index (χ3n) is 9.40. The fraction of sp³-hybridized carbons (Fsp3) is 0. The zero-order chi connectivity index (χ0) is 31.6. The molecule has 0 aliphatic heterocycles. The molecule has 0 atom stereocenters. The standard InChI is InChI=1S/C44H27N3O/c1-3-13-28(14-4-1)36-27-37(29-15-5-2-6-16-29)46-44(45-36)30-23-25-31(26-24-30)47-38-21-11-9-19-34(38)40-32-17-7-8-18-33(32)41-35-20-10-12-22-39(35)48-43(41)42(40)47/h1-27H. The van der Waals surface area contributed by atoms with Gasteiger partial charge in [0, 0.05) is 43.9 Å². The molecule has 7 aromatic carbocycles. The number of rotatable bonds is 4. The molecule has 3 aromatic heterocycles. The van der Waals surface area contributed by atoms with Crippen molar-refractivity contribution in [1.82, 2.24) is 14.5 Å². The van der Waals surface area contributed by atoms with Crippen LogP contribution in [0.5, 0.6) is 0 Å². The molecular weight excluding hydrogens is 587 g/mol. The van der Waals surface area contributed by atoms with Crippen LogP contribution >= 0.6 is 0 Å². The van der Waals surface area contributed by atoms with E-state index in [1.807, 2.05) is 42.5 Å². The molecule has 10 rings (SSSR count). The quantitative estimate of drug-likeness (QED) is 0.198. The fourth-order valence-corrected chi connectivity index (χ4v) is 7.24. The number of para-hydroxylation sites is 2. The van der Waals surface area contributed by atoms with Gasteiger partial charge in [0.05, 0.1) is 22.4 Å². The first kappa shape index (κ1) is 26.7. The summed E-state index contributed by atoms with van der Waals surface area (Å²) in [5.41, 5.74) is 9.89. The van der Waals surface area contributed by atoms with Gasteiger partial charge >= 0.3 is 0 Å². The molecular formula is C44H27N3O. The minimum Gasteiger partial charge on any atom is -0.454 e. The highest BCUT2D eigenvalue weighted by atomic mass is 16.3. The Morgan fingerprint density at radius 1 is 0.438 bits per heavy atom. The van der Waals surface area contributed by atoms with Crippen molar-refractivity contribution in [3.05, 3.63) is 164 Å². The number of nitrogens with zero attached hydrogens (tertiary/aromatic N) is 3. The van der Waals surface area contributed by atoms with Gasteiger partial charge in [-0.3, -0.25) is 0 Å². The molecule has 224 valence electrons. The van der Waals surface area contributed by atoms with Crippen molar-refractivity contribution in [2.75, 3.05) is 0 Å². The van der Waals surface area contributed by atoms with Crippen LogP contribution in [0.15, 0.2) is 168 Å². The van der Waals surface area contributed by atoms with Crippen molar-refractivity contribution in [1.29, 1.82) is 0 Å². The molecule has 0 saturated heterocycles. The van der Waals surface area contributed by atoms with Gasteiger partial charge in [-0.2, -0.15) is 0 Å². The Morgan fingerprint density at radius 2 is 0.979 bits per heavy atom. The van der Waals surface area contributed by atoms with E-state index in [0.717, 1.165) is 66.7 Å². The molecule has 4 heteroatoms. The summed E-state index contributed by atoms with van der Waals surface area (Å²) in [6.45, 7) is 0. The van der Waals surface area contributed by atoms with E-state index in [2.05, 4.69) is 126 Å². The number of fused-ring (bicyclic) bond motifs is 10. The molecule has 0 unspecified atom stereocenters. The first-order valence-electron chi connectivity index (χ1n) is 16.2. The van der Waals surface area contributed by atoms with Crippen molar-refractivity contribution in [3.63, 3.8) is 0 Å². The van der Waals surface area contributed by atoms with Crippen molar-refractivity contribution in [2.24, 2.45) is 0 Å². The van der Waals surface area contributed by atoms with Gasteiger partial charge in [0.25, 0.3) is 0 Å². The lowest BCUT2D eigenvalue weighted by molar-refractivity contribution is 0.671. The van der Waals surface area contributed by atoms with Crippen molar-refractivity contribution in [3.8, 4) is 39.6 Å². The Bertz CT molecular complexity index is 2760. The van der Waals surface area contributed by atoms with Crippen LogP contribution in [0.4, 0.5) is 0 Å². The Balaban J connectivity index is 1.21. The predicted octanol–water partition coefficient (Wildman–Crippen LogP) is 11.6. The van der Waals surface area contributed by atoms with E-state index in [0.29, 0.717) is 5.82 Å². The minimum absolute atomic E-state index is 0.689. The minimum atomic E-state index is 0.689. The van der Waals surface area contributed by atoms with Crippen molar-refractivity contribution < 1.29 is 4.42 Å². The molecule has 0 bridgehead atoms. The molecule has 4 nitrogen and oxygen atoms in total. The molecule has 0 aliphatic carbocycles. The fourth-order valence-electron chi connectivity index (χ4n) is 7.24. The normalized spacial score (nSPS) is 11.8. The van der Waals surface area contributed by atoms with E-state index in [9.17, 15) is 0 Å². The second-order valence-electron chi connectivity index (χ2n) is 12.2. The van der Waals surface area contributed by atoms with E-state index in [-0.39, 0.29) is 0 Å². The number of furan rings is 1. The highest BCUT2D eigenvalue weighted by Crippen LogP contribution is 2.45. The maximum absolute atomic E-state index is 6.73. The van der Waals surface area contributed by atoms with Gasteiger partial charge in [-0.1, -0.05) is 121 Å². The Morgan fingerprint density at radius 3 is 1.65 bits per heavy atom. The average molecular weight is 614 g/mol. The molecule has 48 heavy (non-hydrogen) atoms. The van der Waals surface area contributed by atoms with Crippen LogP contribution in [0.25, 0.3) is 94.1 Å². The third kappa shape index (κ3) is 4.03. The summed E-state index contributed by atoms with van der Waals surface area (Å²) in [5, 5.41) is 7.09. The van der Waals surface area contributed by atoms with E-state index in [1.165, 1.54) is 21.5 Å². The first-order valence-corrected chi connectivity index (χ1v) is 16.2. The van der Waals surface area contributed by atoms with E-state index < -0.39 is 0 Å². The molecule has 0 spiro atoms. The molecule has 0 fully saturated rings. The lowest BCUT2D eigenvalue weighted by Gasteiger charge is -2.12. The maximum atomic E-state index is 6.73. The summed E-state index contributed by atoms with van der Waals surface area (Å²) in [5.74, 6) is 0.689. The van der Waals surface area contributed by atoms with Gasteiger partial charge in [-0.05, 0) is 53.2 Å². The summed E-state index contributed by atoms with van der Waals surface area (Å²) < 4.78 is 9.08. The Hall–Kier alpha value is -6.52. The summed E-state index contributed by atoms with van der Waals surface area (Å²) >= 11 is 0. The number of hydrogen-bond donors (Lipinski definition) is 0. The zero-order valence-electron chi connectivity index (χ0n) is 25.8. The van der Waals surface area contributed by atoms with Crippen LogP contribution in [0, 0.1) is 0 Å². The van der Waals surface area contributed by atoms with Gasteiger partial charge in [-0.25, -0.2) is 9.97 Å². The molecule has 0 aliphatic rings. The van der Waals surface area contributed by atoms with Crippen molar-refractivity contribution in [2.45, 2.75) is 0 Å². The highest BCUT2D eigenvalue weighted by molar-refractivity contribution is 6.35. The van der Waals surface area contributed by atoms with E-state index in [4.69, 9.17) is 14.4 Å². The Labute approximate surface area is 276 Å². The molecule has 0 amide bonds. The van der Waals surface area contributed by atoms with Gasteiger partial charge in [0.15, 0.2) is 11.4 Å². The van der Waals surface area contributed by atoms with Gasteiger partial charge < -0.3 is 8.98 Å². The number of aromatic nitrogens is 3. The monoisotopic (exact) mass is 613 g/mol.